The maximum absolute atomic E-state index is 13.6. The van der Waals surface area contributed by atoms with E-state index in [2.05, 4.69) is 0 Å². The molecule has 0 radical (unpaired) electrons. The zero-order valence-electron chi connectivity index (χ0n) is 15.6. The Morgan fingerprint density at radius 3 is 2.32 bits per heavy atom. The molecule has 0 N–H and O–H groups in total. The molecular formula is C21H19F3O4. The third kappa shape index (κ3) is 3.69. The van der Waals surface area contributed by atoms with Gasteiger partial charge < -0.3 is 13.9 Å². The van der Waals surface area contributed by atoms with Crippen LogP contribution in [0.3, 0.4) is 0 Å². The van der Waals surface area contributed by atoms with Crippen molar-refractivity contribution in [3.8, 4) is 17.2 Å². The van der Waals surface area contributed by atoms with Gasteiger partial charge in [0, 0.05) is 5.56 Å². The highest BCUT2D eigenvalue weighted by molar-refractivity contribution is 5.83. The first kappa shape index (κ1) is 19.8. The first-order chi connectivity index (χ1) is 13.3. The Morgan fingerprint density at radius 2 is 1.75 bits per heavy atom. The van der Waals surface area contributed by atoms with Gasteiger partial charge >= 0.3 is 6.18 Å². The van der Waals surface area contributed by atoms with Gasteiger partial charge in [-0.25, -0.2) is 0 Å². The maximum Gasteiger partial charge on any atom is 0.453 e. The smallest absolute Gasteiger partial charge is 0.453 e. The topological polar surface area (TPSA) is 48.7 Å². The molecule has 0 aliphatic carbocycles. The van der Waals surface area contributed by atoms with E-state index >= 15 is 0 Å². The van der Waals surface area contributed by atoms with Gasteiger partial charge in [-0.1, -0.05) is 25.5 Å². The molecule has 0 aliphatic rings. The fraction of sp³-hybridized carbons (Fsp3) is 0.286. The predicted molar refractivity (Wildman–Crippen MR) is 99.3 cm³/mol. The summed E-state index contributed by atoms with van der Waals surface area (Å²) in [6.07, 6.45) is -3.12. The lowest BCUT2D eigenvalue weighted by molar-refractivity contribution is -0.154. The Labute approximate surface area is 159 Å². The van der Waals surface area contributed by atoms with Crippen LogP contribution in [0.1, 0.15) is 30.2 Å². The zero-order valence-corrected chi connectivity index (χ0v) is 15.6. The van der Waals surface area contributed by atoms with Gasteiger partial charge in [-0.15, -0.1) is 0 Å². The van der Waals surface area contributed by atoms with Crippen LogP contribution < -0.4 is 14.9 Å². The molecule has 0 aliphatic heterocycles. The van der Waals surface area contributed by atoms with Gasteiger partial charge in [0.1, 0.15) is 17.1 Å². The Hall–Kier alpha value is -2.96. The van der Waals surface area contributed by atoms with Gasteiger partial charge in [0.2, 0.25) is 11.2 Å². The minimum absolute atomic E-state index is 0.0103. The van der Waals surface area contributed by atoms with Crippen molar-refractivity contribution in [3.05, 3.63) is 63.5 Å². The summed E-state index contributed by atoms with van der Waals surface area (Å²) in [5.74, 6) is -1.90. The van der Waals surface area contributed by atoms with Gasteiger partial charge in [0.15, 0.2) is 0 Å². The SMILES string of the molecule is CCCc1ccc(Oc2c(C(F)(F)F)oc3c(C)c(OC)ccc3c2=O)cc1. The Morgan fingerprint density at radius 1 is 1.07 bits per heavy atom. The third-order valence-electron chi connectivity index (χ3n) is 4.38. The molecule has 0 atom stereocenters. The Balaban J connectivity index is 2.17. The van der Waals surface area contributed by atoms with E-state index in [0.29, 0.717) is 11.3 Å². The summed E-state index contributed by atoms with van der Waals surface area (Å²) in [5, 5.41) is -0.0103. The lowest BCUT2D eigenvalue weighted by atomic mass is 10.1. The molecule has 28 heavy (non-hydrogen) atoms. The van der Waals surface area contributed by atoms with E-state index in [0.717, 1.165) is 18.4 Å². The summed E-state index contributed by atoms with van der Waals surface area (Å²) in [5.41, 5.74) is 0.261. The summed E-state index contributed by atoms with van der Waals surface area (Å²) in [7, 11) is 1.39. The van der Waals surface area contributed by atoms with Crippen LogP contribution in [0.5, 0.6) is 17.2 Å². The highest BCUT2D eigenvalue weighted by Gasteiger charge is 2.40. The molecule has 1 aromatic heterocycles. The number of ether oxygens (including phenoxy) is 2. The van der Waals surface area contributed by atoms with E-state index in [1.807, 2.05) is 6.92 Å². The molecule has 3 rings (SSSR count). The fourth-order valence-electron chi connectivity index (χ4n) is 2.99. The number of methoxy groups -OCH3 is 1. The fourth-order valence-corrected chi connectivity index (χ4v) is 2.99. The van der Waals surface area contributed by atoms with E-state index in [1.165, 1.54) is 38.3 Å². The molecule has 4 nitrogen and oxygen atoms in total. The Kier molecular flexibility index (Phi) is 5.36. The second-order valence-electron chi connectivity index (χ2n) is 6.35. The molecular weight excluding hydrogens is 373 g/mol. The quantitative estimate of drug-likeness (QED) is 0.545. The zero-order chi connectivity index (χ0) is 20.5. The van der Waals surface area contributed by atoms with Crippen LogP contribution >= 0.6 is 0 Å². The highest BCUT2D eigenvalue weighted by atomic mass is 19.4. The summed E-state index contributed by atoms with van der Waals surface area (Å²) in [4.78, 5) is 12.8. The molecule has 2 aromatic carbocycles. The van der Waals surface area contributed by atoms with E-state index in [1.54, 1.807) is 12.1 Å². The van der Waals surface area contributed by atoms with Crippen molar-refractivity contribution in [1.29, 1.82) is 0 Å². The first-order valence-electron chi connectivity index (χ1n) is 8.74. The van der Waals surface area contributed by atoms with Crippen molar-refractivity contribution >= 4 is 11.0 Å². The van der Waals surface area contributed by atoms with Gasteiger partial charge in [-0.2, -0.15) is 13.2 Å². The predicted octanol–water partition coefficient (Wildman–Crippen LogP) is 5.87. The molecule has 1 heterocycles. The van der Waals surface area contributed by atoms with Crippen LogP contribution in [0, 0.1) is 6.92 Å². The van der Waals surface area contributed by atoms with Crippen molar-refractivity contribution in [3.63, 3.8) is 0 Å². The van der Waals surface area contributed by atoms with Gasteiger partial charge in [-0.3, -0.25) is 4.79 Å². The van der Waals surface area contributed by atoms with E-state index in [4.69, 9.17) is 13.9 Å². The number of rotatable bonds is 5. The monoisotopic (exact) mass is 392 g/mol. The molecule has 0 spiro atoms. The lowest BCUT2D eigenvalue weighted by Crippen LogP contribution is -2.16. The van der Waals surface area contributed by atoms with Crippen molar-refractivity contribution in [1.82, 2.24) is 0 Å². The van der Waals surface area contributed by atoms with Crippen LogP contribution in [0.4, 0.5) is 13.2 Å². The van der Waals surface area contributed by atoms with Crippen molar-refractivity contribution in [2.45, 2.75) is 32.9 Å². The molecule has 0 saturated heterocycles. The average molecular weight is 392 g/mol. The number of hydrogen-bond donors (Lipinski definition) is 0. The summed E-state index contributed by atoms with van der Waals surface area (Å²) < 4.78 is 56.3. The third-order valence-corrected chi connectivity index (χ3v) is 4.38. The number of aryl methyl sites for hydroxylation is 2. The molecule has 0 bridgehead atoms. The molecule has 0 amide bonds. The van der Waals surface area contributed by atoms with Crippen molar-refractivity contribution in [2.24, 2.45) is 0 Å². The highest BCUT2D eigenvalue weighted by Crippen LogP contribution is 2.39. The van der Waals surface area contributed by atoms with Gasteiger partial charge in [0.25, 0.3) is 5.76 Å². The second kappa shape index (κ2) is 7.58. The van der Waals surface area contributed by atoms with Crippen LogP contribution in [0.15, 0.2) is 45.6 Å². The standard InChI is InChI=1S/C21H19F3O4/c1-4-5-13-6-8-14(9-7-13)27-19-17(25)15-10-11-16(26-3)12(2)18(15)28-20(19)21(22,23)24/h6-11H,4-5H2,1-3H3. The number of hydrogen-bond acceptors (Lipinski definition) is 4. The normalized spacial score (nSPS) is 11.6. The van der Waals surface area contributed by atoms with Crippen LogP contribution in [-0.4, -0.2) is 7.11 Å². The Bertz CT molecular complexity index is 1050. The minimum atomic E-state index is -4.90. The number of alkyl halides is 3. The maximum atomic E-state index is 13.6. The summed E-state index contributed by atoms with van der Waals surface area (Å²) in [6, 6.07) is 9.45. The number of halogens is 3. The van der Waals surface area contributed by atoms with E-state index < -0.39 is 23.1 Å². The molecule has 0 fully saturated rings. The summed E-state index contributed by atoms with van der Waals surface area (Å²) in [6.45, 7) is 3.55. The van der Waals surface area contributed by atoms with Gasteiger partial charge in [0.05, 0.1) is 12.5 Å². The largest absolute Gasteiger partial charge is 0.496 e. The molecule has 148 valence electrons. The molecule has 0 saturated carbocycles. The number of fused-ring (bicyclic) bond motifs is 1. The van der Waals surface area contributed by atoms with Crippen LogP contribution in [-0.2, 0) is 12.6 Å². The molecule has 3 aromatic rings. The van der Waals surface area contributed by atoms with Crippen molar-refractivity contribution in [2.75, 3.05) is 7.11 Å². The molecule has 7 heteroatoms. The van der Waals surface area contributed by atoms with E-state index in [-0.39, 0.29) is 16.7 Å². The minimum Gasteiger partial charge on any atom is -0.496 e. The lowest BCUT2D eigenvalue weighted by Gasteiger charge is -2.15. The van der Waals surface area contributed by atoms with Crippen LogP contribution in [0.2, 0.25) is 0 Å². The van der Waals surface area contributed by atoms with Crippen molar-refractivity contribution < 1.29 is 27.1 Å². The first-order valence-corrected chi connectivity index (χ1v) is 8.74. The number of benzene rings is 2. The average Bonchev–Trinajstić information content (AvgIpc) is 2.65. The second-order valence-corrected chi connectivity index (χ2v) is 6.35. The molecule has 0 unspecified atom stereocenters. The van der Waals surface area contributed by atoms with Crippen LogP contribution in [0.25, 0.3) is 11.0 Å². The summed E-state index contributed by atoms with van der Waals surface area (Å²) >= 11 is 0. The van der Waals surface area contributed by atoms with E-state index in [9.17, 15) is 18.0 Å². The van der Waals surface area contributed by atoms with Gasteiger partial charge in [-0.05, 0) is 43.2 Å².